The molecule has 1 heterocycles. The first-order chi connectivity index (χ1) is 6.70. The second-order valence-electron chi connectivity index (χ2n) is 4.26. The van der Waals surface area contributed by atoms with Crippen molar-refractivity contribution in [2.75, 3.05) is 20.6 Å². The molecule has 0 aliphatic carbocycles. The maximum Gasteiger partial charge on any atom is 0.0472 e. The standard InChI is InChI=1S/C12H18N2/c1-9-5-4-6-10-7-13-8-11(12(9)10)14(2)3/h4-6,11,13H,7-8H2,1-3H3/t11-/m1/s1. The van der Waals surface area contributed by atoms with Gasteiger partial charge in [-0.15, -0.1) is 0 Å². The summed E-state index contributed by atoms with van der Waals surface area (Å²) in [4.78, 5) is 2.29. The van der Waals surface area contributed by atoms with E-state index in [-0.39, 0.29) is 0 Å². The summed E-state index contributed by atoms with van der Waals surface area (Å²) in [7, 11) is 4.29. The molecule has 1 aliphatic rings. The number of rotatable bonds is 1. The van der Waals surface area contributed by atoms with E-state index in [0.29, 0.717) is 6.04 Å². The average Bonchev–Trinajstić information content (AvgIpc) is 2.17. The number of hydrogen-bond acceptors (Lipinski definition) is 2. The van der Waals surface area contributed by atoms with Crippen LogP contribution in [-0.2, 0) is 6.54 Å². The van der Waals surface area contributed by atoms with Crippen LogP contribution in [0.15, 0.2) is 18.2 Å². The predicted octanol–water partition coefficient (Wildman–Crippen LogP) is 1.70. The van der Waals surface area contributed by atoms with E-state index in [1.54, 1.807) is 0 Å². The highest BCUT2D eigenvalue weighted by molar-refractivity contribution is 5.38. The number of hydrogen-bond donors (Lipinski definition) is 1. The maximum atomic E-state index is 3.46. The van der Waals surface area contributed by atoms with Crippen molar-refractivity contribution in [3.8, 4) is 0 Å². The van der Waals surface area contributed by atoms with Gasteiger partial charge < -0.3 is 10.2 Å². The molecule has 0 bridgehead atoms. The van der Waals surface area contributed by atoms with Gasteiger partial charge in [0.05, 0.1) is 0 Å². The van der Waals surface area contributed by atoms with Crippen molar-refractivity contribution in [3.05, 3.63) is 34.9 Å². The quantitative estimate of drug-likeness (QED) is 0.725. The Balaban J connectivity index is 2.47. The van der Waals surface area contributed by atoms with Gasteiger partial charge in [0.15, 0.2) is 0 Å². The van der Waals surface area contributed by atoms with Crippen molar-refractivity contribution < 1.29 is 0 Å². The summed E-state index contributed by atoms with van der Waals surface area (Å²) in [5.41, 5.74) is 4.40. The SMILES string of the molecule is Cc1cccc2c1[C@H](N(C)C)CNC2. The molecule has 1 aromatic carbocycles. The summed E-state index contributed by atoms with van der Waals surface area (Å²) in [5.74, 6) is 0. The fourth-order valence-electron chi connectivity index (χ4n) is 2.26. The Morgan fingerprint density at radius 1 is 1.36 bits per heavy atom. The van der Waals surface area contributed by atoms with Gasteiger partial charge in [-0.2, -0.15) is 0 Å². The third kappa shape index (κ3) is 1.56. The molecule has 2 rings (SSSR count). The molecule has 14 heavy (non-hydrogen) atoms. The number of nitrogens with one attached hydrogen (secondary N) is 1. The zero-order valence-corrected chi connectivity index (χ0v) is 9.17. The summed E-state index contributed by atoms with van der Waals surface area (Å²) in [6.07, 6.45) is 0. The fourth-order valence-corrected chi connectivity index (χ4v) is 2.26. The highest BCUT2D eigenvalue weighted by Crippen LogP contribution is 2.28. The van der Waals surface area contributed by atoms with Gasteiger partial charge in [0.25, 0.3) is 0 Å². The van der Waals surface area contributed by atoms with Crippen LogP contribution in [0, 0.1) is 6.92 Å². The molecular weight excluding hydrogens is 172 g/mol. The average molecular weight is 190 g/mol. The van der Waals surface area contributed by atoms with E-state index in [4.69, 9.17) is 0 Å². The normalized spacial score (nSPS) is 21.0. The van der Waals surface area contributed by atoms with Gasteiger partial charge in [-0.05, 0) is 37.7 Å². The minimum absolute atomic E-state index is 0.528. The van der Waals surface area contributed by atoms with E-state index in [0.717, 1.165) is 13.1 Å². The Morgan fingerprint density at radius 3 is 2.86 bits per heavy atom. The van der Waals surface area contributed by atoms with Crippen LogP contribution in [-0.4, -0.2) is 25.5 Å². The van der Waals surface area contributed by atoms with E-state index in [2.05, 4.69) is 49.4 Å². The number of benzene rings is 1. The van der Waals surface area contributed by atoms with Crippen molar-refractivity contribution in [1.82, 2.24) is 10.2 Å². The van der Waals surface area contributed by atoms with E-state index in [1.807, 2.05) is 0 Å². The third-order valence-corrected chi connectivity index (χ3v) is 3.02. The topological polar surface area (TPSA) is 15.3 Å². The highest BCUT2D eigenvalue weighted by Gasteiger charge is 2.22. The molecule has 76 valence electrons. The van der Waals surface area contributed by atoms with Crippen molar-refractivity contribution in [2.24, 2.45) is 0 Å². The molecule has 0 radical (unpaired) electrons. The second-order valence-corrected chi connectivity index (χ2v) is 4.26. The Labute approximate surface area is 85.9 Å². The fraction of sp³-hybridized carbons (Fsp3) is 0.500. The zero-order chi connectivity index (χ0) is 10.1. The molecule has 1 N–H and O–H groups in total. The second kappa shape index (κ2) is 3.71. The largest absolute Gasteiger partial charge is 0.311 e. The van der Waals surface area contributed by atoms with Crippen LogP contribution < -0.4 is 5.32 Å². The van der Waals surface area contributed by atoms with Crippen molar-refractivity contribution >= 4 is 0 Å². The first kappa shape index (κ1) is 9.69. The van der Waals surface area contributed by atoms with Gasteiger partial charge >= 0.3 is 0 Å². The van der Waals surface area contributed by atoms with Gasteiger partial charge in [-0.1, -0.05) is 18.2 Å². The smallest absolute Gasteiger partial charge is 0.0472 e. The molecule has 0 saturated heterocycles. The lowest BCUT2D eigenvalue weighted by Crippen LogP contribution is -2.36. The Hall–Kier alpha value is -0.860. The van der Waals surface area contributed by atoms with Gasteiger partial charge in [0.1, 0.15) is 0 Å². The minimum atomic E-state index is 0.528. The number of nitrogens with zero attached hydrogens (tertiary/aromatic N) is 1. The minimum Gasteiger partial charge on any atom is -0.311 e. The molecular formula is C12H18N2. The summed E-state index contributed by atoms with van der Waals surface area (Å²) in [6, 6.07) is 7.11. The number of likely N-dealkylation sites (N-methyl/N-ethyl adjacent to an activating group) is 1. The molecule has 1 aliphatic heterocycles. The van der Waals surface area contributed by atoms with E-state index in [1.165, 1.54) is 16.7 Å². The van der Waals surface area contributed by atoms with E-state index in [9.17, 15) is 0 Å². The zero-order valence-electron chi connectivity index (χ0n) is 9.17. The molecule has 1 atom stereocenters. The van der Waals surface area contributed by atoms with Gasteiger partial charge in [0, 0.05) is 19.1 Å². The molecule has 0 saturated carbocycles. The molecule has 0 aromatic heterocycles. The van der Waals surface area contributed by atoms with Crippen LogP contribution in [0.5, 0.6) is 0 Å². The summed E-state index contributed by atoms with van der Waals surface area (Å²) in [5, 5.41) is 3.46. The van der Waals surface area contributed by atoms with Crippen LogP contribution >= 0.6 is 0 Å². The molecule has 1 aromatic rings. The Morgan fingerprint density at radius 2 is 2.14 bits per heavy atom. The highest BCUT2D eigenvalue weighted by atomic mass is 15.1. The van der Waals surface area contributed by atoms with Crippen molar-refractivity contribution in [1.29, 1.82) is 0 Å². The van der Waals surface area contributed by atoms with Crippen LogP contribution in [0.2, 0.25) is 0 Å². The van der Waals surface area contributed by atoms with E-state index < -0.39 is 0 Å². The van der Waals surface area contributed by atoms with Gasteiger partial charge in [-0.3, -0.25) is 0 Å². The van der Waals surface area contributed by atoms with Crippen LogP contribution in [0.4, 0.5) is 0 Å². The summed E-state index contributed by atoms with van der Waals surface area (Å²) < 4.78 is 0. The van der Waals surface area contributed by atoms with Gasteiger partial charge in [0.2, 0.25) is 0 Å². The lowest BCUT2D eigenvalue weighted by atomic mass is 9.92. The lowest BCUT2D eigenvalue weighted by molar-refractivity contribution is 0.275. The molecule has 2 nitrogen and oxygen atoms in total. The molecule has 0 unspecified atom stereocenters. The first-order valence-corrected chi connectivity index (χ1v) is 5.15. The van der Waals surface area contributed by atoms with Crippen molar-refractivity contribution in [3.63, 3.8) is 0 Å². The molecule has 2 heteroatoms. The monoisotopic (exact) mass is 190 g/mol. The third-order valence-electron chi connectivity index (χ3n) is 3.02. The number of fused-ring (bicyclic) bond motifs is 1. The van der Waals surface area contributed by atoms with Crippen LogP contribution in [0.1, 0.15) is 22.7 Å². The molecule has 0 spiro atoms. The molecule has 0 fully saturated rings. The summed E-state index contributed by atoms with van der Waals surface area (Å²) >= 11 is 0. The summed E-state index contributed by atoms with van der Waals surface area (Å²) in [6.45, 7) is 4.28. The lowest BCUT2D eigenvalue weighted by Gasteiger charge is -2.32. The molecule has 0 amide bonds. The van der Waals surface area contributed by atoms with Gasteiger partial charge in [-0.25, -0.2) is 0 Å². The van der Waals surface area contributed by atoms with E-state index >= 15 is 0 Å². The predicted molar refractivity (Wildman–Crippen MR) is 59.3 cm³/mol. The first-order valence-electron chi connectivity index (χ1n) is 5.15. The Kier molecular flexibility index (Phi) is 2.57. The van der Waals surface area contributed by atoms with Crippen LogP contribution in [0.3, 0.4) is 0 Å². The Bertz CT molecular complexity index is 331. The van der Waals surface area contributed by atoms with Crippen molar-refractivity contribution in [2.45, 2.75) is 19.5 Å². The maximum absolute atomic E-state index is 3.46. The number of aryl methyl sites for hydroxylation is 1. The van der Waals surface area contributed by atoms with Crippen LogP contribution in [0.25, 0.3) is 0 Å².